The third-order valence-electron chi connectivity index (χ3n) is 2.64. The van der Waals surface area contributed by atoms with Crippen molar-refractivity contribution in [2.45, 2.75) is 19.3 Å². The minimum atomic E-state index is -0.613. The van der Waals surface area contributed by atoms with Gasteiger partial charge in [-0.1, -0.05) is 11.6 Å². The van der Waals surface area contributed by atoms with E-state index in [4.69, 9.17) is 21.1 Å². The van der Waals surface area contributed by atoms with Crippen molar-refractivity contribution in [1.82, 2.24) is 5.32 Å². The van der Waals surface area contributed by atoms with E-state index in [0.29, 0.717) is 0 Å². The largest absolute Gasteiger partial charge is 0.354 e. The molecule has 0 aliphatic carbocycles. The summed E-state index contributed by atoms with van der Waals surface area (Å²) in [5.41, 5.74) is -0.0265. The molecule has 0 aliphatic heterocycles. The zero-order chi connectivity index (χ0) is 15.3. The fourth-order valence-corrected chi connectivity index (χ4v) is 1.91. The van der Waals surface area contributed by atoms with Crippen LogP contribution in [0.2, 0.25) is 5.02 Å². The lowest BCUT2D eigenvalue weighted by Crippen LogP contribution is -2.42. The van der Waals surface area contributed by atoms with Gasteiger partial charge in [0.2, 0.25) is 0 Å². The molecule has 8 heteroatoms. The molecule has 0 aliphatic rings. The van der Waals surface area contributed by atoms with Crippen molar-refractivity contribution in [3.63, 3.8) is 0 Å². The standard InChI is InChI=1S/C12H15ClN2O5/c1-7(12(19-2)20-3)14-11(16)8-4-5-10(15(17)18)9(13)6-8/h4-7,12H,1-3H3,(H,14,16). The summed E-state index contributed by atoms with van der Waals surface area (Å²) >= 11 is 5.75. The SMILES string of the molecule is COC(OC)C(C)NC(=O)c1ccc([N+](=O)[O-])c(Cl)c1. The predicted octanol–water partition coefficient (Wildman–Crippen LogP) is 1.99. The van der Waals surface area contributed by atoms with Crippen molar-refractivity contribution in [3.8, 4) is 0 Å². The summed E-state index contributed by atoms with van der Waals surface area (Å²) in [7, 11) is 2.92. The van der Waals surface area contributed by atoms with E-state index >= 15 is 0 Å². The van der Waals surface area contributed by atoms with Crippen LogP contribution in [0.4, 0.5) is 5.69 Å². The van der Waals surface area contributed by atoms with E-state index in [1.54, 1.807) is 6.92 Å². The van der Waals surface area contributed by atoms with E-state index in [9.17, 15) is 14.9 Å². The van der Waals surface area contributed by atoms with Crippen molar-refractivity contribution in [2.75, 3.05) is 14.2 Å². The maximum Gasteiger partial charge on any atom is 0.287 e. The molecule has 1 aromatic carbocycles. The first-order valence-electron chi connectivity index (χ1n) is 5.71. The van der Waals surface area contributed by atoms with E-state index in [-0.39, 0.29) is 16.3 Å². The lowest BCUT2D eigenvalue weighted by molar-refractivity contribution is -0.384. The summed E-state index contributed by atoms with van der Waals surface area (Å²) in [4.78, 5) is 22.0. The quantitative estimate of drug-likeness (QED) is 0.493. The average molecular weight is 303 g/mol. The maximum absolute atomic E-state index is 12.0. The minimum Gasteiger partial charge on any atom is -0.354 e. The van der Waals surface area contributed by atoms with Crippen molar-refractivity contribution < 1.29 is 19.2 Å². The summed E-state index contributed by atoms with van der Waals surface area (Å²) in [6.07, 6.45) is -0.590. The summed E-state index contributed by atoms with van der Waals surface area (Å²) in [5.74, 6) is -0.423. The highest BCUT2D eigenvalue weighted by atomic mass is 35.5. The van der Waals surface area contributed by atoms with E-state index in [2.05, 4.69) is 5.32 Å². The molecule has 0 spiro atoms. The van der Waals surface area contributed by atoms with Crippen LogP contribution in [-0.4, -0.2) is 37.4 Å². The van der Waals surface area contributed by atoms with Crippen LogP contribution in [0, 0.1) is 10.1 Å². The molecule has 1 atom stereocenters. The number of carbonyl (C=O) groups excluding carboxylic acids is 1. The predicted molar refractivity (Wildman–Crippen MR) is 72.8 cm³/mol. The molecule has 20 heavy (non-hydrogen) atoms. The van der Waals surface area contributed by atoms with Crippen LogP contribution in [0.3, 0.4) is 0 Å². The summed E-state index contributed by atoms with van der Waals surface area (Å²) in [6, 6.07) is 3.37. The second-order valence-corrected chi connectivity index (χ2v) is 4.43. The number of benzene rings is 1. The van der Waals surface area contributed by atoms with Gasteiger partial charge in [-0.25, -0.2) is 0 Å². The Balaban J connectivity index is 2.83. The molecule has 0 bridgehead atoms. The Morgan fingerprint density at radius 2 is 2.00 bits per heavy atom. The molecule has 0 saturated carbocycles. The first-order chi connectivity index (χ1) is 9.40. The van der Waals surface area contributed by atoms with Crippen molar-refractivity contribution in [2.24, 2.45) is 0 Å². The van der Waals surface area contributed by atoms with Crippen LogP contribution in [-0.2, 0) is 9.47 Å². The topological polar surface area (TPSA) is 90.7 Å². The summed E-state index contributed by atoms with van der Waals surface area (Å²) < 4.78 is 10.0. The summed E-state index contributed by atoms with van der Waals surface area (Å²) in [5, 5.41) is 13.2. The number of hydrogen-bond donors (Lipinski definition) is 1. The Labute approximate surface area is 121 Å². The number of nitro groups is 1. The fraction of sp³-hybridized carbons (Fsp3) is 0.417. The number of rotatable bonds is 6. The molecular weight excluding hydrogens is 288 g/mol. The molecule has 1 rings (SSSR count). The Hall–Kier alpha value is -1.70. The van der Waals surface area contributed by atoms with Gasteiger partial charge in [-0.05, 0) is 19.1 Å². The zero-order valence-electron chi connectivity index (χ0n) is 11.3. The van der Waals surface area contributed by atoms with Gasteiger partial charge in [0, 0.05) is 25.8 Å². The number of nitrogens with zero attached hydrogens (tertiary/aromatic N) is 1. The monoisotopic (exact) mass is 302 g/mol. The van der Waals surface area contributed by atoms with Crippen LogP contribution in [0.5, 0.6) is 0 Å². The van der Waals surface area contributed by atoms with Crippen LogP contribution in [0.1, 0.15) is 17.3 Å². The normalized spacial score (nSPS) is 12.2. The second kappa shape index (κ2) is 7.18. The Bertz CT molecular complexity index is 505. The van der Waals surface area contributed by atoms with Crippen LogP contribution < -0.4 is 5.32 Å². The van der Waals surface area contributed by atoms with Gasteiger partial charge in [-0.2, -0.15) is 0 Å². The van der Waals surface area contributed by atoms with Gasteiger partial charge in [-0.15, -0.1) is 0 Å². The average Bonchev–Trinajstić information content (AvgIpc) is 2.39. The zero-order valence-corrected chi connectivity index (χ0v) is 12.0. The molecule has 0 saturated heterocycles. The van der Waals surface area contributed by atoms with E-state index in [1.165, 1.54) is 32.4 Å². The molecule has 1 aromatic rings. The smallest absolute Gasteiger partial charge is 0.287 e. The number of methoxy groups -OCH3 is 2. The molecule has 7 nitrogen and oxygen atoms in total. The number of nitrogens with one attached hydrogen (secondary N) is 1. The number of amides is 1. The Morgan fingerprint density at radius 3 is 2.45 bits per heavy atom. The highest BCUT2D eigenvalue weighted by Crippen LogP contribution is 2.24. The van der Waals surface area contributed by atoms with Crippen LogP contribution in [0.15, 0.2) is 18.2 Å². The highest BCUT2D eigenvalue weighted by molar-refractivity contribution is 6.33. The van der Waals surface area contributed by atoms with Gasteiger partial charge in [0.25, 0.3) is 11.6 Å². The minimum absolute atomic E-state index is 0.0923. The van der Waals surface area contributed by atoms with Crippen LogP contribution >= 0.6 is 11.6 Å². The summed E-state index contributed by atoms with van der Waals surface area (Å²) in [6.45, 7) is 1.71. The third-order valence-corrected chi connectivity index (χ3v) is 2.94. The van der Waals surface area contributed by atoms with Gasteiger partial charge in [0.05, 0.1) is 11.0 Å². The van der Waals surface area contributed by atoms with Crippen molar-refractivity contribution in [1.29, 1.82) is 0 Å². The van der Waals surface area contributed by atoms with E-state index < -0.39 is 23.2 Å². The van der Waals surface area contributed by atoms with Gasteiger partial charge in [0.1, 0.15) is 5.02 Å². The molecule has 0 radical (unpaired) electrons. The van der Waals surface area contributed by atoms with E-state index in [0.717, 1.165) is 0 Å². The van der Waals surface area contributed by atoms with Gasteiger partial charge < -0.3 is 14.8 Å². The Kier molecular flexibility index (Phi) is 5.87. The van der Waals surface area contributed by atoms with Crippen molar-refractivity contribution in [3.05, 3.63) is 38.9 Å². The highest BCUT2D eigenvalue weighted by Gasteiger charge is 2.20. The second-order valence-electron chi connectivity index (χ2n) is 4.03. The third kappa shape index (κ3) is 3.89. The van der Waals surface area contributed by atoms with Crippen molar-refractivity contribution >= 4 is 23.2 Å². The lowest BCUT2D eigenvalue weighted by atomic mass is 10.2. The molecule has 0 heterocycles. The fourth-order valence-electron chi connectivity index (χ4n) is 1.66. The van der Waals surface area contributed by atoms with Gasteiger partial charge in [0.15, 0.2) is 6.29 Å². The molecule has 1 N–H and O–H groups in total. The lowest BCUT2D eigenvalue weighted by Gasteiger charge is -2.22. The molecule has 1 amide bonds. The number of carbonyl (C=O) groups is 1. The van der Waals surface area contributed by atoms with Gasteiger partial charge in [-0.3, -0.25) is 14.9 Å². The van der Waals surface area contributed by atoms with E-state index in [1.807, 2.05) is 0 Å². The first kappa shape index (κ1) is 16.4. The number of hydrogen-bond acceptors (Lipinski definition) is 5. The number of nitro benzene ring substituents is 1. The number of halogens is 1. The first-order valence-corrected chi connectivity index (χ1v) is 6.09. The molecular formula is C12H15ClN2O5. The Morgan fingerprint density at radius 1 is 1.40 bits per heavy atom. The van der Waals surface area contributed by atoms with Crippen LogP contribution in [0.25, 0.3) is 0 Å². The molecule has 0 aromatic heterocycles. The maximum atomic E-state index is 12.0. The van der Waals surface area contributed by atoms with Gasteiger partial charge >= 0.3 is 0 Å². The molecule has 1 unspecified atom stereocenters. The molecule has 110 valence electrons. The molecule has 0 fully saturated rings. The number of ether oxygens (including phenoxy) is 2.